The summed E-state index contributed by atoms with van der Waals surface area (Å²) in [7, 11) is 0. The van der Waals surface area contributed by atoms with Crippen molar-refractivity contribution in [2.75, 3.05) is 13.1 Å². The van der Waals surface area contributed by atoms with E-state index >= 15 is 0 Å². The smallest absolute Gasteiger partial charge is 0.410 e. The molecule has 0 atom stereocenters. The second kappa shape index (κ2) is 6.38. The molecule has 1 aromatic carbocycles. The highest BCUT2D eigenvalue weighted by Crippen LogP contribution is 2.30. The van der Waals surface area contributed by atoms with Crippen LogP contribution in [0.25, 0.3) is 11.1 Å². The number of rotatable bonds is 2. The van der Waals surface area contributed by atoms with Gasteiger partial charge in [0.15, 0.2) is 11.5 Å². The lowest BCUT2D eigenvalue weighted by Gasteiger charge is -2.32. The molecule has 1 aromatic heterocycles. The van der Waals surface area contributed by atoms with Gasteiger partial charge in [0.25, 0.3) is 0 Å². The molecule has 2 heterocycles. The summed E-state index contributed by atoms with van der Waals surface area (Å²) in [6, 6.07) is 4.65. The third-order valence-electron chi connectivity index (χ3n) is 4.15. The number of aromatic carboxylic acids is 1. The van der Waals surface area contributed by atoms with Gasteiger partial charge in [-0.1, -0.05) is 0 Å². The zero-order valence-electron chi connectivity index (χ0n) is 14.6. The van der Waals surface area contributed by atoms with Gasteiger partial charge in [-0.25, -0.2) is 14.6 Å². The molecule has 1 fully saturated rings. The van der Waals surface area contributed by atoms with E-state index in [1.807, 2.05) is 20.8 Å². The third kappa shape index (κ3) is 3.92. The maximum absolute atomic E-state index is 12.1. The first-order valence-corrected chi connectivity index (χ1v) is 8.34. The number of piperidine rings is 1. The van der Waals surface area contributed by atoms with Crippen molar-refractivity contribution < 1.29 is 23.8 Å². The van der Waals surface area contributed by atoms with Crippen LogP contribution >= 0.6 is 0 Å². The molecule has 1 saturated heterocycles. The van der Waals surface area contributed by atoms with E-state index < -0.39 is 11.6 Å². The number of hydrogen-bond donors (Lipinski definition) is 1. The largest absolute Gasteiger partial charge is 0.478 e. The van der Waals surface area contributed by atoms with Crippen LogP contribution in [-0.2, 0) is 4.74 Å². The van der Waals surface area contributed by atoms with Crippen molar-refractivity contribution in [3.63, 3.8) is 0 Å². The average Bonchev–Trinajstić information content (AvgIpc) is 2.96. The van der Waals surface area contributed by atoms with Gasteiger partial charge < -0.3 is 19.2 Å². The molecule has 134 valence electrons. The van der Waals surface area contributed by atoms with E-state index in [0.717, 1.165) is 12.8 Å². The summed E-state index contributed by atoms with van der Waals surface area (Å²) >= 11 is 0. The second-order valence-corrected chi connectivity index (χ2v) is 7.28. The van der Waals surface area contributed by atoms with Gasteiger partial charge in [0.2, 0.25) is 0 Å². The summed E-state index contributed by atoms with van der Waals surface area (Å²) in [4.78, 5) is 29.3. The Labute approximate surface area is 145 Å². The van der Waals surface area contributed by atoms with Crippen LogP contribution in [0.4, 0.5) is 4.79 Å². The van der Waals surface area contributed by atoms with Crippen LogP contribution < -0.4 is 0 Å². The molecule has 1 aliphatic heterocycles. The number of benzene rings is 1. The van der Waals surface area contributed by atoms with Crippen LogP contribution in [-0.4, -0.2) is 45.7 Å². The molecule has 0 aliphatic carbocycles. The molecule has 0 saturated carbocycles. The van der Waals surface area contributed by atoms with Gasteiger partial charge in [-0.15, -0.1) is 0 Å². The Bertz CT molecular complexity index is 797. The fraction of sp³-hybridized carbons (Fsp3) is 0.500. The normalized spacial score (nSPS) is 16.2. The molecule has 3 rings (SSSR count). The van der Waals surface area contributed by atoms with Crippen LogP contribution in [0.3, 0.4) is 0 Å². The highest BCUT2D eigenvalue weighted by atomic mass is 16.6. The highest BCUT2D eigenvalue weighted by molar-refractivity contribution is 5.91. The molecule has 1 N–H and O–H groups in total. The van der Waals surface area contributed by atoms with E-state index in [4.69, 9.17) is 14.3 Å². The minimum absolute atomic E-state index is 0.111. The minimum Gasteiger partial charge on any atom is -0.478 e. The first-order valence-electron chi connectivity index (χ1n) is 8.34. The van der Waals surface area contributed by atoms with Gasteiger partial charge >= 0.3 is 12.1 Å². The number of carbonyl (C=O) groups excluding carboxylic acids is 1. The van der Waals surface area contributed by atoms with Gasteiger partial charge in [0, 0.05) is 19.0 Å². The van der Waals surface area contributed by atoms with Crippen LogP contribution in [0.5, 0.6) is 0 Å². The molecule has 0 unspecified atom stereocenters. The highest BCUT2D eigenvalue weighted by Gasteiger charge is 2.29. The van der Waals surface area contributed by atoms with Crippen molar-refractivity contribution in [2.24, 2.45) is 0 Å². The lowest BCUT2D eigenvalue weighted by atomic mass is 9.97. The summed E-state index contributed by atoms with van der Waals surface area (Å²) in [5.74, 6) is -0.280. The standard InChI is InChI=1S/C18H22N2O5/c1-18(2,3)25-17(23)20-8-6-11(7-9-20)15-19-13-10-12(16(21)22)4-5-14(13)24-15/h4-5,10-11H,6-9H2,1-3H3,(H,21,22). The molecule has 0 bridgehead atoms. The van der Waals surface area contributed by atoms with Gasteiger partial charge in [0.05, 0.1) is 5.56 Å². The number of ether oxygens (including phenoxy) is 1. The van der Waals surface area contributed by atoms with E-state index in [0.29, 0.717) is 30.1 Å². The number of carboxylic acid groups (broad SMARTS) is 1. The summed E-state index contributed by atoms with van der Waals surface area (Å²) in [5.41, 5.74) is 0.807. The maximum Gasteiger partial charge on any atom is 0.410 e. The van der Waals surface area contributed by atoms with Gasteiger partial charge in [0.1, 0.15) is 11.1 Å². The molecule has 2 aromatic rings. The summed E-state index contributed by atoms with van der Waals surface area (Å²) < 4.78 is 11.2. The van der Waals surface area contributed by atoms with Crippen LogP contribution in [0.15, 0.2) is 22.6 Å². The quantitative estimate of drug-likeness (QED) is 0.892. The molecule has 0 spiro atoms. The van der Waals surface area contributed by atoms with Crippen molar-refractivity contribution >= 4 is 23.2 Å². The average molecular weight is 346 g/mol. The number of nitrogens with zero attached hydrogens (tertiary/aromatic N) is 2. The third-order valence-corrected chi connectivity index (χ3v) is 4.15. The molecular formula is C18H22N2O5. The minimum atomic E-state index is -0.989. The Balaban J connectivity index is 1.67. The number of oxazole rings is 1. The van der Waals surface area contributed by atoms with Crippen molar-refractivity contribution in [1.82, 2.24) is 9.88 Å². The fourth-order valence-corrected chi connectivity index (χ4v) is 2.89. The Morgan fingerprint density at radius 1 is 1.28 bits per heavy atom. The van der Waals surface area contributed by atoms with Gasteiger partial charge in [-0.3, -0.25) is 0 Å². The number of aromatic nitrogens is 1. The van der Waals surface area contributed by atoms with E-state index in [2.05, 4.69) is 4.98 Å². The zero-order valence-corrected chi connectivity index (χ0v) is 14.6. The topological polar surface area (TPSA) is 92.9 Å². The van der Waals surface area contributed by atoms with Crippen molar-refractivity contribution in [3.8, 4) is 0 Å². The van der Waals surface area contributed by atoms with Crippen LogP contribution in [0, 0.1) is 0 Å². The van der Waals surface area contributed by atoms with Crippen molar-refractivity contribution in [1.29, 1.82) is 0 Å². The second-order valence-electron chi connectivity index (χ2n) is 7.28. The summed E-state index contributed by atoms with van der Waals surface area (Å²) in [5, 5.41) is 9.05. The predicted octanol–water partition coefficient (Wildman–Crippen LogP) is 3.64. The number of carboxylic acids is 1. The molecule has 0 radical (unpaired) electrons. The summed E-state index contributed by atoms with van der Waals surface area (Å²) in [6.07, 6.45) is 1.17. The van der Waals surface area contributed by atoms with Gasteiger partial charge in [-0.05, 0) is 51.8 Å². The van der Waals surface area contributed by atoms with E-state index in [-0.39, 0.29) is 17.6 Å². The predicted molar refractivity (Wildman–Crippen MR) is 90.8 cm³/mol. The molecular weight excluding hydrogens is 324 g/mol. The van der Waals surface area contributed by atoms with Crippen molar-refractivity contribution in [3.05, 3.63) is 29.7 Å². The van der Waals surface area contributed by atoms with Crippen molar-refractivity contribution in [2.45, 2.75) is 45.1 Å². The Hall–Kier alpha value is -2.57. The lowest BCUT2D eigenvalue weighted by Crippen LogP contribution is -2.41. The first kappa shape index (κ1) is 17.3. The van der Waals surface area contributed by atoms with E-state index in [1.165, 1.54) is 12.1 Å². The monoisotopic (exact) mass is 346 g/mol. The number of fused-ring (bicyclic) bond motifs is 1. The maximum atomic E-state index is 12.1. The molecule has 7 heteroatoms. The zero-order chi connectivity index (χ0) is 18.2. The SMILES string of the molecule is CC(C)(C)OC(=O)N1CCC(c2nc3cc(C(=O)O)ccc3o2)CC1. The fourth-order valence-electron chi connectivity index (χ4n) is 2.89. The Morgan fingerprint density at radius 2 is 1.96 bits per heavy atom. The number of likely N-dealkylation sites (tertiary alicyclic amines) is 1. The Kier molecular flexibility index (Phi) is 4.41. The molecule has 1 aliphatic rings. The first-order chi connectivity index (χ1) is 11.7. The summed E-state index contributed by atoms with van der Waals surface area (Å²) in [6.45, 7) is 6.71. The molecule has 7 nitrogen and oxygen atoms in total. The van der Waals surface area contributed by atoms with Crippen LogP contribution in [0.1, 0.15) is 55.8 Å². The number of hydrogen-bond acceptors (Lipinski definition) is 5. The lowest BCUT2D eigenvalue weighted by molar-refractivity contribution is 0.0199. The van der Waals surface area contributed by atoms with E-state index in [1.54, 1.807) is 11.0 Å². The molecule has 1 amide bonds. The number of amides is 1. The Morgan fingerprint density at radius 3 is 2.56 bits per heavy atom. The van der Waals surface area contributed by atoms with E-state index in [9.17, 15) is 9.59 Å². The number of carbonyl (C=O) groups is 2. The van der Waals surface area contributed by atoms with Crippen LogP contribution in [0.2, 0.25) is 0 Å². The van der Waals surface area contributed by atoms with Gasteiger partial charge in [-0.2, -0.15) is 0 Å². The molecule has 25 heavy (non-hydrogen) atoms.